The molecule has 2 aliphatic rings. The van der Waals surface area contributed by atoms with Gasteiger partial charge in [0.1, 0.15) is 0 Å². The van der Waals surface area contributed by atoms with Gasteiger partial charge >= 0.3 is 0 Å². The SMILES string of the molecule is Cc1ccc(C(=O)CSc2nnc3c(n2)[C@@]2(C)CC[C@H]3C2(C)C)cc1C. The second-order valence-electron chi connectivity index (χ2n) is 8.48. The Morgan fingerprint density at radius 1 is 1.19 bits per heavy atom. The van der Waals surface area contributed by atoms with Gasteiger partial charge in [0, 0.05) is 16.9 Å². The number of Topliss-reactive ketones (excluding diaryl/α,β-unsaturated/α-hetero) is 1. The molecule has 2 atom stereocenters. The summed E-state index contributed by atoms with van der Waals surface area (Å²) in [5, 5.41) is 9.44. The summed E-state index contributed by atoms with van der Waals surface area (Å²) in [6, 6.07) is 5.86. The van der Waals surface area contributed by atoms with Crippen LogP contribution in [0.25, 0.3) is 0 Å². The van der Waals surface area contributed by atoms with Gasteiger partial charge in [0.05, 0.1) is 17.1 Å². The van der Waals surface area contributed by atoms with Crippen molar-refractivity contribution in [2.45, 2.75) is 63.9 Å². The summed E-state index contributed by atoms with van der Waals surface area (Å²) in [7, 11) is 0. The lowest BCUT2D eigenvalue weighted by molar-refractivity contribution is 0.102. The summed E-state index contributed by atoms with van der Waals surface area (Å²) in [6.07, 6.45) is 2.33. The molecule has 2 aromatic rings. The van der Waals surface area contributed by atoms with Crippen LogP contribution in [0, 0.1) is 19.3 Å². The molecule has 0 aliphatic heterocycles. The standard InChI is InChI=1S/C21H25N3OS/c1-12-6-7-14(10-13(12)2)16(25)11-26-19-22-18-17(23-24-19)15-8-9-21(18,5)20(15,3)4/h6-7,10,15H,8-9,11H2,1-5H3/t15-,21-/m1/s1. The third-order valence-electron chi connectivity index (χ3n) is 6.93. The quantitative estimate of drug-likeness (QED) is 0.582. The average molecular weight is 368 g/mol. The number of aromatic nitrogens is 3. The minimum absolute atomic E-state index is 0.0658. The van der Waals surface area contributed by atoms with E-state index in [4.69, 9.17) is 4.98 Å². The zero-order chi connectivity index (χ0) is 18.7. The molecule has 1 aromatic heterocycles. The summed E-state index contributed by atoms with van der Waals surface area (Å²) in [6.45, 7) is 11.0. The molecule has 1 heterocycles. The maximum atomic E-state index is 12.5. The Kier molecular flexibility index (Phi) is 3.99. The largest absolute Gasteiger partial charge is 0.293 e. The van der Waals surface area contributed by atoms with E-state index in [1.165, 1.54) is 23.7 Å². The molecule has 5 heteroatoms. The van der Waals surface area contributed by atoms with Gasteiger partial charge < -0.3 is 0 Å². The van der Waals surface area contributed by atoms with Crippen LogP contribution >= 0.6 is 11.8 Å². The molecule has 1 aromatic carbocycles. The molecule has 0 saturated heterocycles. The second kappa shape index (κ2) is 5.88. The van der Waals surface area contributed by atoms with Crippen molar-refractivity contribution in [3.05, 3.63) is 46.3 Å². The van der Waals surface area contributed by atoms with Crippen LogP contribution in [0.2, 0.25) is 0 Å². The van der Waals surface area contributed by atoms with Gasteiger partial charge in [-0.1, -0.05) is 44.7 Å². The summed E-state index contributed by atoms with van der Waals surface area (Å²) < 4.78 is 0. The molecule has 4 rings (SSSR count). The number of nitrogens with zero attached hydrogens (tertiary/aromatic N) is 3. The highest BCUT2D eigenvalue weighted by Crippen LogP contribution is 2.66. The molecule has 2 bridgehead atoms. The highest BCUT2D eigenvalue weighted by atomic mass is 32.2. The molecule has 1 fully saturated rings. The lowest BCUT2D eigenvalue weighted by Crippen LogP contribution is -2.32. The molecule has 136 valence electrons. The van der Waals surface area contributed by atoms with Crippen LogP contribution in [-0.2, 0) is 5.41 Å². The normalized spacial score (nSPS) is 25.3. The topological polar surface area (TPSA) is 55.7 Å². The van der Waals surface area contributed by atoms with Crippen LogP contribution in [0.15, 0.2) is 23.4 Å². The summed E-state index contributed by atoms with van der Waals surface area (Å²) >= 11 is 1.39. The van der Waals surface area contributed by atoms with E-state index in [9.17, 15) is 4.79 Å². The number of carbonyl (C=O) groups excluding carboxylic acids is 1. The first-order valence-corrected chi connectivity index (χ1v) is 10.2. The average Bonchev–Trinajstić information content (AvgIpc) is 2.94. The number of benzene rings is 1. The zero-order valence-electron chi connectivity index (χ0n) is 16.1. The molecule has 1 saturated carbocycles. The predicted octanol–water partition coefficient (Wildman–Crippen LogP) is 4.64. The molecular formula is C21H25N3OS. The third-order valence-corrected chi connectivity index (χ3v) is 7.77. The third kappa shape index (κ3) is 2.43. The van der Waals surface area contributed by atoms with Gasteiger partial charge in [0.15, 0.2) is 5.78 Å². The van der Waals surface area contributed by atoms with Gasteiger partial charge in [-0.15, -0.1) is 5.10 Å². The van der Waals surface area contributed by atoms with Crippen molar-refractivity contribution in [1.82, 2.24) is 15.2 Å². The minimum atomic E-state index is 0.0658. The Labute approximate surface area is 159 Å². The summed E-state index contributed by atoms with van der Waals surface area (Å²) in [4.78, 5) is 17.3. The van der Waals surface area contributed by atoms with Crippen LogP contribution in [0.1, 0.15) is 72.4 Å². The van der Waals surface area contributed by atoms with E-state index in [0.29, 0.717) is 16.8 Å². The monoisotopic (exact) mass is 367 g/mol. The van der Waals surface area contributed by atoms with Gasteiger partial charge in [0.2, 0.25) is 5.16 Å². The van der Waals surface area contributed by atoms with Crippen molar-refractivity contribution in [3.8, 4) is 0 Å². The molecular weight excluding hydrogens is 342 g/mol. The first-order chi connectivity index (χ1) is 12.2. The Balaban J connectivity index is 1.53. The molecule has 4 nitrogen and oxygen atoms in total. The number of carbonyl (C=O) groups is 1. The predicted molar refractivity (Wildman–Crippen MR) is 104 cm³/mol. The first kappa shape index (κ1) is 17.7. The van der Waals surface area contributed by atoms with Crippen LogP contribution in [0.5, 0.6) is 0 Å². The molecule has 0 amide bonds. The number of thioether (sulfide) groups is 1. The van der Waals surface area contributed by atoms with Crippen molar-refractivity contribution in [2.24, 2.45) is 5.41 Å². The van der Waals surface area contributed by atoms with Gasteiger partial charge in [-0.3, -0.25) is 4.79 Å². The van der Waals surface area contributed by atoms with Crippen molar-refractivity contribution in [3.63, 3.8) is 0 Å². The number of hydrogen-bond donors (Lipinski definition) is 0. The number of fused-ring (bicyclic) bond motifs is 5. The lowest BCUT2D eigenvalue weighted by Gasteiger charge is -2.33. The lowest BCUT2D eigenvalue weighted by atomic mass is 9.70. The maximum Gasteiger partial charge on any atom is 0.209 e. The second-order valence-corrected chi connectivity index (χ2v) is 9.43. The minimum Gasteiger partial charge on any atom is -0.293 e. The van der Waals surface area contributed by atoms with Crippen molar-refractivity contribution in [2.75, 3.05) is 5.75 Å². The fourth-order valence-corrected chi connectivity index (χ4v) is 5.23. The molecule has 26 heavy (non-hydrogen) atoms. The summed E-state index contributed by atoms with van der Waals surface area (Å²) in [5.41, 5.74) is 5.52. The summed E-state index contributed by atoms with van der Waals surface area (Å²) in [5.74, 6) is 0.904. The van der Waals surface area contributed by atoms with Crippen LogP contribution in [0.4, 0.5) is 0 Å². The van der Waals surface area contributed by atoms with E-state index in [2.05, 4.69) is 37.9 Å². The maximum absolute atomic E-state index is 12.5. The van der Waals surface area contributed by atoms with E-state index in [1.807, 2.05) is 25.1 Å². The molecule has 0 radical (unpaired) electrons. The Morgan fingerprint density at radius 3 is 2.69 bits per heavy atom. The smallest absolute Gasteiger partial charge is 0.209 e. The van der Waals surface area contributed by atoms with Gasteiger partial charge in [0.25, 0.3) is 0 Å². The van der Waals surface area contributed by atoms with Crippen molar-refractivity contribution >= 4 is 17.5 Å². The zero-order valence-corrected chi connectivity index (χ0v) is 16.9. The number of ketones is 1. The van der Waals surface area contributed by atoms with E-state index >= 15 is 0 Å². The number of aryl methyl sites for hydroxylation is 2. The Bertz CT molecular complexity index is 908. The number of hydrogen-bond acceptors (Lipinski definition) is 5. The van der Waals surface area contributed by atoms with Crippen molar-refractivity contribution < 1.29 is 4.79 Å². The van der Waals surface area contributed by atoms with Gasteiger partial charge in [-0.05, 0) is 49.3 Å². The van der Waals surface area contributed by atoms with E-state index < -0.39 is 0 Å². The fourth-order valence-electron chi connectivity index (χ4n) is 4.55. The molecule has 0 unspecified atom stereocenters. The molecule has 0 N–H and O–H groups in total. The van der Waals surface area contributed by atoms with Crippen LogP contribution in [0.3, 0.4) is 0 Å². The highest BCUT2D eigenvalue weighted by Gasteiger charge is 2.61. The first-order valence-electron chi connectivity index (χ1n) is 9.22. The van der Waals surface area contributed by atoms with Crippen LogP contribution in [-0.4, -0.2) is 26.7 Å². The highest BCUT2D eigenvalue weighted by molar-refractivity contribution is 7.99. The fraction of sp³-hybridized carbons (Fsp3) is 0.524. The Hall–Kier alpha value is -1.75. The molecule has 0 spiro atoms. The van der Waals surface area contributed by atoms with Gasteiger partial charge in [-0.2, -0.15) is 5.10 Å². The Morgan fingerprint density at radius 2 is 1.96 bits per heavy atom. The van der Waals surface area contributed by atoms with E-state index in [-0.39, 0.29) is 16.6 Å². The van der Waals surface area contributed by atoms with Gasteiger partial charge in [-0.25, -0.2) is 4.98 Å². The van der Waals surface area contributed by atoms with E-state index in [0.717, 1.165) is 28.9 Å². The number of rotatable bonds is 4. The van der Waals surface area contributed by atoms with Crippen molar-refractivity contribution in [1.29, 1.82) is 0 Å². The van der Waals surface area contributed by atoms with E-state index in [1.54, 1.807) is 0 Å². The molecule has 2 aliphatic carbocycles. The van der Waals surface area contributed by atoms with Crippen LogP contribution < -0.4 is 0 Å².